The molecule has 0 amide bonds. The zero-order valence-electron chi connectivity index (χ0n) is 12.2. The number of carbonyl (C=O) groups is 1. The van der Waals surface area contributed by atoms with Crippen LogP contribution >= 0.6 is 11.6 Å². The van der Waals surface area contributed by atoms with Gasteiger partial charge in [0.05, 0.1) is 5.56 Å². The molecule has 0 spiro atoms. The van der Waals surface area contributed by atoms with Crippen LogP contribution < -0.4 is 0 Å². The van der Waals surface area contributed by atoms with Crippen molar-refractivity contribution in [2.45, 2.75) is 6.42 Å². The van der Waals surface area contributed by atoms with Gasteiger partial charge in [-0.2, -0.15) is 5.10 Å². The van der Waals surface area contributed by atoms with Gasteiger partial charge in [-0.3, -0.25) is 9.89 Å². The van der Waals surface area contributed by atoms with Crippen molar-refractivity contribution in [3.05, 3.63) is 76.5 Å². The molecule has 3 aromatic rings. The highest BCUT2D eigenvalue weighted by atomic mass is 35.5. The molecule has 0 aliphatic heterocycles. The molecule has 0 atom stereocenters. The fourth-order valence-electron chi connectivity index (χ4n) is 2.12. The van der Waals surface area contributed by atoms with Crippen LogP contribution in [0.4, 0.5) is 4.39 Å². The first-order valence-electron chi connectivity index (χ1n) is 6.86. The summed E-state index contributed by atoms with van der Waals surface area (Å²) in [5, 5.41) is 16.0. The van der Waals surface area contributed by atoms with Gasteiger partial charge in [0.2, 0.25) is 5.82 Å². The van der Waals surface area contributed by atoms with E-state index in [4.69, 9.17) is 16.0 Å². The predicted octanol–water partition coefficient (Wildman–Crippen LogP) is 3.56. The Balaban J connectivity index is 1.87. The molecule has 0 saturated heterocycles. The first kappa shape index (κ1) is 15.9. The van der Waals surface area contributed by atoms with Gasteiger partial charge in [-0.05, 0) is 29.3 Å². The van der Waals surface area contributed by atoms with E-state index < -0.39 is 5.78 Å². The van der Waals surface area contributed by atoms with Crippen molar-refractivity contribution in [3.8, 4) is 0 Å². The van der Waals surface area contributed by atoms with E-state index in [-0.39, 0.29) is 34.6 Å². The normalized spacial score (nSPS) is 11.7. The number of hydrogen-bond donors (Lipinski definition) is 2. The highest BCUT2D eigenvalue weighted by Crippen LogP contribution is 2.24. The number of halogens is 2. The van der Waals surface area contributed by atoms with Crippen LogP contribution in [-0.2, 0) is 6.42 Å². The number of aliphatic hydroxyl groups excluding tert-OH is 1. The molecule has 0 fully saturated rings. The SMILES string of the molecule is O=C(C=C(O)c1nc[nH]n1)c1cc(Cl)oc1Cc1ccc(F)cc1. The van der Waals surface area contributed by atoms with Crippen molar-refractivity contribution in [2.24, 2.45) is 0 Å². The number of aromatic nitrogens is 3. The van der Waals surface area contributed by atoms with Crippen molar-refractivity contribution in [3.63, 3.8) is 0 Å². The molecule has 24 heavy (non-hydrogen) atoms. The van der Waals surface area contributed by atoms with E-state index in [9.17, 15) is 14.3 Å². The van der Waals surface area contributed by atoms with Gasteiger partial charge < -0.3 is 9.52 Å². The zero-order chi connectivity index (χ0) is 17.1. The Morgan fingerprint density at radius 3 is 2.79 bits per heavy atom. The topological polar surface area (TPSA) is 92.0 Å². The first-order valence-corrected chi connectivity index (χ1v) is 7.24. The number of benzene rings is 1. The van der Waals surface area contributed by atoms with Gasteiger partial charge >= 0.3 is 0 Å². The smallest absolute Gasteiger partial charge is 0.215 e. The Labute approximate surface area is 140 Å². The van der Waals surface area contributed by atoms with Gasteiger partial charge in [-0.1, -0.05) is 12.1 Å². The van der Waals surface area contributed by atoms with E-state index in [2.05, 4.69) is 15.2 Å². The lowest BCUT2D eigenvalue weighted by molar-refractivity contribution is 0.104. The van der Waals surface area contributed by atoms with Gasteiger partial charge in [0, 0.05) is 18.6 Å². The number of rotatable bonds is 5. The third-order valence-electron chi connectivity index (χ3n) is 3.23. The molecule has 6 nitrogen and oxygen atoms in total. The number of ketones is 1. The summed E-state index contributed by atoms with van der Waals surface area (Å²) in [6.07, 6.45) is 2.51. The molecule has 2 heterocycles. The third-order valence-corrected chi connectivity index (χ3v) is 3.42. The lowest BCUT2D eigenvalue weighted by Crippen LogP contribution is -2.00. The van der Waals surface area contributed by atoms with Crippen molar-refractivity contribution in [1.29, 1.82) is 0 Å². The summed E-state index contributed by atoms with van der Waals surface area (Å²) in [7, 11) is 0. The van der Waals surface area contributed by atoms with Crippen LogP contribution in [0.5, 0.6) is 0 Å². The molecular weight excluding hydrogens is 337 g/mol. The molecule has 3 rings (SSSR count). The highest BCUT2D eigenvalue weighted by molar-refractivity contribution is 6.29. The van der Waals surface area contributed by atoms with Crippen LogP contribution in [0.1, 0.15) is 27.5 Å². The minimum atomic E-state index is -0.509. The van der Waals surface area contributed by atoms with Crippen LogP contribution in [0, 0.1) is 5.82 Å². The second-order valence-corrected chi connectivity index (χ2v) is 5.28. The molecule has 0 radical (unpaired) electrons. The Hall–Kier alpha value is -2.93. The number of nitrogens with zero attached hydrogens (tertiary/aromatic N) is 2. The van der Waals surface area contributed by atoms with Crippen LogP contribution in [0.25, 0.3) is 5.76 Å². The fourth-order valence-corrected chi connectivity index (χ4v) is 2.32. The Morgan fingerprint density at radius 1 is 1.38 bits per heavy atom. The maximum Gasteiger partial charge on any atom is 0.215 e. The average molecular weight is 348 g/mol. The molecule has 0 unspecified atom stereocenters. The van der Waals surface area contributed by atoms with Crippen molar-refractivity contribution < 1.29 is 18.7 Å². The van der Waals surface area contributed by atoms with Gasteiger partial charge in [-0.15, -0.1) is 0 Å². The maximum absolute atomic E-state index is 13.0. The molecule has 0 aliphatic carbocycles. The molecule has 0 bridgehead atoms. The average Bonchev–Trinajstić information content (AvgIpc) is 3.19. The number of nitrogens with one attached hydrogen (secondary N) is 1. The summed E-state index contributed by atoms with van der Waals surface area (Å²) in [6, 6.07) is 7.17. The number of carbonyl (C=O) groups excluding carboxylic acids is 1. The second-order valence-electron chi connectivity index (χ2n) is 4.91. The Bertz CT molecular complexity index is 886. The third kappa shape index (κ3) is 3.52. The Morgan fingerprint density at radius 2 is 2.12 bits per heavy atom. The monoisotopic (exact) mass is 347 g/mol. The molecule has 0 aliphatic rings. The molecule has 1 aromatic carbocycles. The Kier molecular flexibility index (Phi) is 4.43. The van der Waals surface area contributed by atoms with Crippen molar-refractivity contribution in [2.75, 3.05) is 0 Å². The van der Waals surface area contributed by atoms with Crippen molar-refractivity contribution >= 4 is 23.1 Å². The largest absolute Gasteiger partial charge is 0.504 e. The first-order chi connectivity index (χ1) is 11.5. The predicted molar refractivity (Wildman–Crippen MR) is 84.2 cm³/mol. The maximum atomic E-state index is 13.0. The summed E-state index contributed by atoms with van der Waals surface area (Å²) in [5.74, 6) is -0.933. The van der Waals surface area contributed by atoms with Crippen molar-refractivity contribution in [1.82, 2.24) is 15.2 Å². The van der Waals surface area contributed by atoms with E-state index in [0.29, 0.717) is 5.76 Å². The summed E-state index contributed by atoms with van der Waals surface area (Å²) < 4.78 is 18.3. The summed E-state index contributed by atoms with van der Waals surface area (Å²) in [5.41, 5.74) is 0.949. The number of furan rings is 1. The lowest BCUT2D eigenvalue weighted by Gasteiger charge is -2.01. The van der Waals surface area contributed by atoms with Gasteiger partial charge in [0.15, 0.2) is 16.8 Å². The lowest BCUT2D eigenvalue weighted by atomic mass is 10.0. The molecule has 2 aromatic heterocycles. The fraction of sp³-hybridized carbons (Fsp3) is 0.0625. The van der Waals surface area contributed by atoms with Gasteiger partial charge in [-0.25, -0.2) is 9.37 Å². The van der Waals surface area contributed by atoms with Crippen LogP contribution in [0.15, 0.2) is 47.2 Å². The zero-order valence-corrected chi connectivity index (χ0v) is 12.9. The minimum absolute atomic E-state index is 0.00183. The standard InChI is InChI=1S/C16H11ClFN3O3/c17-15-6-11(12(22)7-13(23)16-19-8-20-21-16)14(24-15)5-9-1-3-10(18)4-2-9/h1-4,6-8,23H,5H2,(H,19,20,21). The summed E-state index contributed by atoms with van der Waals surface area (Å²) >= 11 is 5.85. The van der Waals surface area contributed by atoms with Gasteiger partial charge in [0.1, 0.15) is 17.9 Å². The number of H-pyrrole nitrogens is 1. The van der Waals surface area contributed by atoms with Crippen LogP contribution in [0.2, 0.25) is 5.22 Å². The van der Waals surface area contributed by atoms with Crippen LogP contribution in [0.3, 0.4) is 0 Å². The van der Waals surface area contributed by atoms with E-state index in [1.165, 1.54) is 24.5 Å². The van der Waals surface area contributed by atoms with Crippen LogP contribution in [-0.4, -0.2) is 26.1 Å². The number of aromatic amines is 1. The quantitative estimate of drug-likeness (QED) is 0.418. The number of aliphatic hydroxyl groups is 1. The molecule has 2 N–H and O–H groups in total. The molecule has 122 valence electrons. The van der Waals surface area contributed by atoms with E-state index >= 15 is 0 Å². The van der Waals surface area contributed by atoms with E-state index in [1.807, 2.05) is 0 Å². The van der Waals surface area contributed by atoms with E-state index in [1.54, 1.807) is 12.1 Å². The molecule has 8 heteroatoms. The van der Waals surface area contributed by atoms with Gasteiger partial charge in [0.25, 0.3) is 0 Å². The molecular formula is C16H11ClFN3O3. The van der Waals surface area contributed by atoms with E-state index in [0.717, 1.165) is 11.6 Å². The number of allylic oxidation sites excluding steroid dienone is 1. The summed E-state index contributed by atoms with van der Waals surface area (Å²) in [4.78, 5) is 16.1. The molecule has 0 saturated carbocycles. The second kappa shape index (κ2) is 6.67. The minimum Gasteiger partial charge on any atom is -0.504 e. The highest BCUT2D eigenvalue weighted by Gasteiger charge is 2.18. The number of hydrogen-bond acceptors (Lipinski definition) is 5. The summed E-state index contributed by atoms with van der Waals surface area (Å²) in [6.45, 7) is 0.